The average molecular weight is 291 g/mol. The van der Waals surface area contributed by atoms with Crippen molar-refractivity contribution >= 4 is 12.0 Å². The molecule has 6 heteroatoms. The van der Waals surface area contributed by atoms with Crippen molar-refractivity contribution in [3.8, 4) is 0 Å². The number of aromatic nitrogens is 1. The first-order valence-electron chi connectivity index (χ1n) is 7.17. The van der Waals surface area contributed by atoms with Crippen molar-refractivity contribution in [1.29, 1.82) is 0 Å². The lowest BCUT2D eigenvalue weighted by atomic mass is 10.1. The molecule has 21 heavy (non-hydrogen) atoms. The van der Waals surface area contributed by atoms with Gasteiger partial charge < -0.3 is 14.9 Å². The van der Waals surface area contributed by atoms with Crippen LogP contribution in [0.25, 0.3) is 0 Å². The van der Waals surface area contributed by atoms with E-state index in [9.17, 15) is 9.59 Å². The molecule has 0 aromatic carbocycles. The maximum absolute atomic E-state index is 12.3. The van der Waals surface area contributed by atoms with Crippen LogP contribution in [-0.2, 0) is 11.2 Å². The van der Waals surface area contributed by atoms with E-state index in [2.05, 4.69) is 4.98 Å². The molecule has 1 aromatic rings. The second-order valence-corrected chi connectivity index (χ2v) is 5.51. The van der Waals surface area contributed by atoms with Crippen molar-refractivity contribution in [2.24, 2.45) is 5.92 Å². The zero-order valence-corrected chi connectivity index (χ0v) is 12.2. The summed E-state index contributed by atoms with van der Waals surface area (Å²) in [5, 5.41) is 8.80. The molecule has 1 aromatic heterocycles. The molecule has 114 valence electrons. The van der Waals surface area contributed by atoms with E-state index in [1.807, 2.05) is 12.1 Å². The lowest BCUT2D eigenvalue weighted by molar-refractivity contribution is -0.138. The van der Waals surface area contributed by atoms with Gasteiger partial charge in [0, 0.05) is 45.5 Å². The van der Waals surface area contributed by atoms with Crippen molar-refractivity contribution in [2.45, 2.75) is 19.3 Å². The van der Waals surface area contributed by atoms with Crippen LogP contribution in [0, 0.1) is 5.92 Å². The number of pyridine rings is 1. The highest BCUT2D eigenvalue weighted by Gasteiger charge is 2.29. The van der Waals surface area contributed by atoms with Gasteiger partial charge in [-0.2, -0.15) is 0 Å². The molecule has 0 bridgehead atoms. The van der Waals surface area contributed by atoms with E-state index in [4.69, 9.17) is 5.11 Å². The van der Waals surface area contributed by atoms with E-state index in [0.717, 1.165) is 18.4 Å². The molecular weight excluding hydrogens is 270 g/mol. The minimum absolute atomic E-state index is 0.0167. The smallest absolute Gasteiger partial charge is 0.319 e. The van der Waals surface area contributed by atoms with Gasteiger partial charge in [0.15, 0.2) is 0 Å². The first-order chi connectivity index (χ1) is 10.1. The van der Waals surface area contributed by atoms with Crippen LogP contribution in [0.15, 0.2) is 24.5 Å². The van der Waals surface area contributed by atoms with Crippen LogP contribution >= 0.6 is 0 Å². The third-order valence-corrected chi connectivity index (χ3v) is 3.83. The summed E-state index contributed by atoms with van der Waals surface area (Å²) in [4.78, 5) is 30.4. The molecule has 0 aliphatic carbocycles. The molecule has 0 spiro atoms. The molecular formula is C15H21N3O3. The zero-order valence-electron chi connectivity index (χ0n) is 12.2. The SMILES string of the molecule is CN(CCc1ccncc1)C(=O)N1CCC(CC(=O)O)C1. The number of carbonyl (C=O) groups excluding carboxylic acids is 1. The molecule has 1 N–H and O–H groups in total. The number of carbonyl (C=O) groups is 2. The Morgan fingerprint density at radius 3 is 2.81 bits per heavy atom. The summed E-state index contributed by atoms with van der Waals surface area (Å²) in [6.07, 6.45) is 5.19. The molecule has 0 radical (unpaired) electrons. The number of amides is 2. The normalized spacial score (nSPS) is 17.8. The Labute approximate surface area is 124 Å². The number of likely N-dealkylation sites (N-methyl/N-ethyl adjacent to an activating group) is 1. The van der Waals surface area contributed by atoms with Gasteiger partial charge in [0.25, 0.3) is 0 Å². The molecule has 1 aliphatic rings. The quantitative estimate of drug-likeness (QED) is 0.891. The number of aliphatic carboxylic acids is 1. The minimum Gasteiger partial charge on any atom is -0.481 e. The van der Waals surface area contributed by atoms with Gasteiger partial charge in [0.05, 0.1) is 0 Å². The molecule has 1 aliphatic heterocycles. The van der Waals surface area contributed by atoms with Gasteiger partial charge >= 0.3 is 12.0 Å². The second kappa shape index (κ2) is 7.06. The van der Waals surface area contributed by atoms with Crippen LogP contribution < -0.4 is 0 Å². The number of nitrogens with zero attached hydrogens (tertiary/aromatic N) is 3. The highest BCUT2D eigenvalue weighted by molar-refractivity contribution is 5.74. The largest absolute Gasteiger partial charge is 0.481 e. The standard InChI is InChI=1S/C15H21N3O3/c1-17(8-4-12-2-6-16-7-3-12)15(21)18-9-5-13(11-18)10-14(19)20/h2-3,6-7,13H,4-5,8-11H2,1H3,(H,19,20). The van der Waals surface area contributed by atoms with Crippen LogP contribution in [0.2, 0.25) is 0 Å². The number of likely N-dealkylation sites (tertiary alicyclic amines) is 1. The van der Waals surface area contributed by atoms with E-state index in [-0.39, 0.29) is 18.4 Å². The average Bonchev–Trinajstić information content (AvgIpc) is 2.92. The van der Waals surface area contributed by atoms with Gasteiger partial charge in [-0.25, -0.2) is 4.79 Å². The molecule has 6 nitrogen and oxygen atoms in total. The maximum atomic E-state index is 12.3. The Morgan fingerprint density at radius 1 is 1.43 bits per heavy atom. The van der Waals surface area contributed by atoms with Gasteiger partial charge in [0.2, 0.25) is 0 Å². The van der Waals surface area contributed by atoms with Gasteiger partial charge in [-0.05, 0) is 36.5 Å². The molecule has 2 heterocycles. The van der Waals surface area contributed by atoms with Crippen LogP contribution in [0.3, 0.4) is 0 Å². The third-order valence-electron chi connectivity index (χ3n) is 3.83. The maximum Gasteiger partial charge on any atom is 0.319 e. The summed E-state index contributed by atoms with van der Waals surface area (Å²) < 4.78 is 0. The van der Waals surface area contributed by atoms with E-state index < -0.39 is 5.97 Å². The lowest BCUT2D eigenvalue weighted by Crippen LogP contribution is -2.40. The fourth-order valence-electron chi connectivity index (χ4n) is 2.60. The van der Waals surface area contributed by atoms with Gasteiger partial charge in [-0.1, -0.05) is 0 Å². The predicted molar refractivity (Wildman–Crippen MR) is 77.9 cm³/mol. The fraction of sp³-hybridized carbons (Fsp3) is 0.533. The Morgan fingerprint density at radius 2 is 2.14 bits per heavy atom. The Bertz CT molecular complexity index is 492. The van der Waals surface area contributed by atoms with E-state index in [1.54, 1.807) is 29.2 Å². The number of urea groups is 1. The summed E-state index contributed by atoms with van der Waals surface area (Å²) in [7, 11) is 1.79. The van der Waals surface area contributed by atoms with E-state index in [0.29, 0.717) is 19.6 Å². The number of carboxylic acid groups (broad SMARTS) is 1. The second-order valence-electron chi connectivity index (χ2n) is 5.51. The summed E-state index contributed by atoms with van der Waals surface area (Å²) in [6.45, 7) is 1.84. The molecule has 0 saturated carbocycles. The van der Waals surface area contributed by atoms with Crippen LogP contribution in [0.4, 0.5) is 4.79 Å². The topological polar surface area (TPSA) is 73.7 Å². The summed E-state index contributed by atoms with van der Waals surface area (Å²) in [5.74, 6) is -0.708. The molecule has 2 amide bonds. The Balaban J connectivity index is 1.79. The van der Waals surface area contributed by atoms with Gasteiger partial charge in [-0.15, -0.1) is 0 Å². The Hall–Kier alpha value is -2.11. The number of carboxylic acids is 1. The Kier molecular flexibility index (Phi) is 5.14. The molecule has 2 rings (SSSR count). The van der Waals surface area contributed by atoms with Crippen molar-refractivity contribution in [2.75, 3.05) is 26.7 Å². The summed E-state index contributed by atoms with van der Waals surface area (Å²) in [5.41, 5.74) is 1.15. The predicted octanol–water partition coefficient (Wildman–Crippen LogP) is 1.47. The molecule has 1 saturated heterocycles. The van der Waals surface area contributed by atoms with Crippen LogP contribution in [0.5, 0.6) is 0 Å². The first-order valence-corrected chi connectivity index (χ1v) is 7.17. The number of hydrogen-bond donors (Lipinski definition) is 1. The number of hydrogen-bond acceptors (Lipinski definition) is 3. The zero-order chi connectivity index (χ0) is 15.2. The van der Waals surface area contributed by atoms with Crippen molar-refractivity contribution in [3.05, 3.63) is 30.1 Å². The minimum atomic E-state index is -0.791. The van der Waals surface area contributed by atoms with E-state index >= 15 is 0 Å². The monoisotopic (exact) mass is 291 g/mol. The molecule has 1 fully saturated rings. The van der Waals surface area contributed by atoms with Crippen molar-refractivity contribution < 1.29 is 14.7 Å². The molecule has 1 unspecified atom stereocenters. The van der Waals surface area contributed by atoms with Crippen LogP contribution in [-0.4, -0.2) is 58.6 Å². The lowest BCUT2D eigenvalue weighted by Gasteiger charge is -2.24. The van der Waals surface area contributed by atoms with Gasteiger partial charge in [-0.3, -0.25) is 9.78 Å². The van der Waals surface area contributed by atoms with Gasteiger partial charge in [0.1, 0.15) is 0 Å². The molecule has 1 atom stereocenters. The highest BCUT2D eigenvalue weighted by Crippen LogP contribution is 2.20. The summed E-state index contributed by atoms with van der Waals surface area (Å²) >= 11 is 0. The summed E-state index contributed by atoms with van der Waals surface area (Å²) in [6, 6.07) is 3.87. The fourth-order valence-corrected chi connectivity index (χ4v) is 2.60. The first kappa shape index (κ1) is 15.3. The van der Waals surface area contributed by atoms with Crippen LogP contribution in [0.1, 0.15) is 18.4 Å². The van der Waals surface area contributed by atoms with E-state index in [1.165, 1.54) is 0 Å². The van der Waals surface area contributed by atoms with Crippen molar-refractivity contribution in [1.82, 2.24) is 14.8 Å². The third kappa shape index (κ3) is 4.44. The number of rotatable bonds is 5. The highest BCUT2D eigenvalue weighted by atomic mass is 16.4. The van der Waals surface area contributed by atoms with Crippen molar-refractivity contribution in [3.63, 3.8) is 0 Å².